The lowest BCUT2D eigenvalue weighted by Crippen LogP contribution is -2.67. The second-order valence-corrected chi connectivity index (χ2v) is 12.1. The SMILES string of the molecule is O=c1[nH]c(-c2ccc(C34C[C@H]5CC(OCc6c(-c7ccccc7OC(F)(F)F)noc6C6CC6)C[C@@H](C3)C54)nc2)no1. The Kier molecular flexibility index (Phi) is 5.69. The van der Waals surface area contributed by atoms with Crippen molar-refractivity contribution in [3.05, 3.63) is 70.2 Å². The first-order valence-electron chi connectivity index (χ1n) is 14.3. The highest BCUT2D eigenvalue weighted by molar-refractivity contribution is 5.70. The minimum atomic E-state index is -4.82. The summed E-state index contributed by atoms with van der Waals surface area (Å²) in [7, 11) is 0. The summed E-state index contributed by atoms with van der Waals surface area (Å²) in [6.45, 7) is 0.234. The van der Waals surface area contributed by atoms with Crippen LogP contribution in [0.25, 0.3) is 22.6 Å². The standard InChI is InChI=1S/C30H27F3N4O5/c31-30(32,33)40-22-4-2-1-3-20(22)25-21(26(41-36-25)15-5-6-15)14-39-19-9-17-11-29(12-18(10-19)24(17)29)23-8-7-16(13-34-23)27-35-28(38)42-37-27/h1-4,7-8,13,15,17-19,24H,5-6,9-12,14H2,(H,35,37,38)/t17-,18+,19?,24?,29?. The first-order valence-corrected chi connectivity index (χ1v) is 14.3. The minimum Gasteiger partial charge on any atom is -0.405 e. The van der Waals surface area contributed by atoms with Crippen LogP contribution >= 0.6 is 0 Å². The summed E-state index contributed by atoms with van der Waals surface area (Å²) in [5.74, 6) is 2.04. The van der Waals surface area contributed by atoms with Gasteiger partial charge in [-0.25, -0.2) is 4.79 Å². The summed E-state index contributed by atoms with van der Waals surface area (Å²) in [6, 6.07) is 9.97. The van der Waals surface area contributed by atoms with E-state index < -0.39 is 12.1 Å². The zero-order valence-corrected chi connectivity index (χ0v) is 22.4. The van der Waals surface area contributed by atoms with Crippen molar-refractivity contribution in [2.75, 3.05) is 0 Å². The number of pyridine rings is 1. The Balaban J connectivity index is 0.963. The third-order valence-electron chi connectivity index (χ3n) is 9.62. The smallest absolute Gasteiger partial charge is 0.405 e. The number of benzene rings is 1. The van der Waals surface area contributed by atoms with Crippen LogP contribution in [-0.4, -0.2) is 32.7 Å². The fourth-order valence-electron chi connectivity index (χ4n) is 7.86. The van der Waals surface area contributed by atoms with Crippen LogP contribution in [0.3, 0.4) is 0 Å². The lowest BCUT2D eigenvalue weighted by Gasteiger charge is -2.70. The normalized spacial score (nSPS) is 28.1. The molecule has 3 aromatic heterocycles. The average molecular weight is 581 g/mol. The van der Waals surface area contributed by atoms with E-state index in [1.54, 1.807) is 18.3 Å². The van der Waals surface area contributed by atoms with Gasteiger partial charge in [0.1, 0.15) is 17.2 Å². The lowest BCUT2D eigenvalue weighted by atomic mass is 9.34. The maximum atomic E-state index is 13.1. The fourth-order valence-corrected chi connectivity index (χ4v) is 7.86. The molecule has 0 spiro atoms. The van der Waals surface area contributed by atoms with Gasteiger partial charge in [0, 0.05) is 39.9 Å². The Morgan fingerprint density at radius 3 is 2.48 bits per heavy atom. The van der Waals surface area contributed by atoms with E-state index >= 15 is 0 Å². The number of rotatable bonds is 8. The molecular weight excluding hydrogens is 553 g/mol. The molecule has 3 unspecified atom stereocenters. The van der Waals surface area contributed by atoms with Crippen LogP contribution in [0.15, 0.2) is 56.4 Å². The van der Waals surface area contributed by atoms with Crippen LogP contribution < -0.4 is 10.5 Å². The molecule has 8 rings (SSSR count). The Labute approximate surface area is 237 Å². The van der Waals surface area contributed by atoms with Crippen molar-refractivity contribution in [1.29, 1.82) is 0 Å². The zero-order chi connectivity index (χ0) is 28.6. The summed E-state index contributed by atoms with van der Waals surface area (Å²) < 4.78 is 60.4. The second kappa shape index (κ2) is 9.29. The molecule has 42 heavy (non-hydrogen) atoms. The number of nitrogens with one attached hydrogen (secondary N) is 1. The Bertz CT molecular complexity index is 1670. The van der Waals surface area contributed by atoms with Gasteiger partial charge in [-0.3, -0.25) is 14.5 Å². The highest BCUT2D eigenvalue weighted by Gasteiger charge is 2.68. The summed E-state index contributed by atoms with van der Waals surface area (Å²) in [6.07, 6.45) is 2.89. The number of aromatic nitrogens is 4. The minimum absolute atomic E-state index is 0.0605. The van der Waals surface area contributed by atoms with Crippen molar-refractivity contribution >= 4 is 0 Å². The van der Waals surface area contributed by atoms with E-state index in [9.17, 15) is 18.0 Å². The molecule has 12 heteroatoms. The van der Waals surface area contributed by atoms with Gasteiger partial charge < -0.3 is 14.0 Å². The molecule has 0 amide bonds. The molecule has 0 aliphatic heterocycles. The van der Waals surface area contributed by atoms with Gasteiger partial charge in [0.15, 0.2) is 5.82 Å². The van der Waals surface area contributed by atoms with Crippen LogP contribution in [-0.2, 0) is 16.8 Å². The molecule has 3 heterocycles. The molecule has 4 saturated carbocycles. The fraction of sp³-hybridized carbons (Fsp3) is 0.467. The topological polar surface area (TPSA) is 116 Å². The number of hydrogen-bond donors (Lipinski definition) is 1. The summed E-state index contributed by atoms with van der Waals surface area (Å²) in [5, 5.41) is 7.93. The van der Waals surface area contributed by atoms with E-state index in [2.05, 4.69) is 24.6 Å². The molecule has 5 atom stereocenters. The monoisotopic (exact) mass is 580 g/mol. The number of ether oxygens (including phenoxy) is 2. The first-order chi connectivity index (χ1) is 20.3. The van der Waals surface area contributed by atoms with E-state index in [-0.39, 0.29) is 35.4 Å². The molecule has 0 radical (unpaired) electrons. The van der Waals surface area contributed by atoms with Crippen molar-refractivity contribution in [2.45, 2.75) is 68.9 Å². The molecule has 9 nitrogen and oxygen atoms in total. The number of aromatic amines is 1. The van der Waals surface area contributed by atoms with E-state index in [0.717, 1.165) is 44.2 Å². The molecule has 1 aromatic carbocycles. The molecule has 1 N–H and O–H groups in total. The molecular formula is C30H27F3N4O5. The largest absolute Gasteiger partial charge is 0.573 e. The lowest BCUT2D eigenvalue weighted by molar-refractivity contribution is -0.274. The molecule has 4 fully saturated rings. The Morgan fingerprint density at radius 2 is 1.81 bits per heavy atom. The number of H-pyrrole nitrogens is 1. The highest BCUT2D eigenvalue weighted by Crippen LogP contribution is 2.71. The molecule has 4 aliphatic rings. The van der Waals surface area contributed by atoms with Gasteiger partial charge in [-0.1, -0.05) is 22.4 Å². The molecule has 4 aliphatic carbocycles. The van der Waals surface area contributed by atoms with Crippen LogP contribution in [0.4, 0.5) is 13.2 Å². The van der Waals surface area contributed by atoms with Gasteiger partial charge in [-0.15, -0.1) is 13.2 Å². The van der Waals surface area contributed by atoms with Gasteiger partial charge >= 0.3 is 12.1 Å². The Hall–Kier alpha value is -3.93. The Morgan fingerprint density at radius 1 is 1.02 bits per heavy atom. The number of nitrogens with zero attached hydrogens (tertiary/aromatic N) is 3. The van der Waals surface area contributed by atoms with E-state index in [1.165, 1.54) is 12.1 Å². The van der Waals surface area contributed by atoms with Crippen molar-refractivity contribution < 1.29 is 31.7 Å². The number of alkyl halides is 3. The highest BCUT2D eigenvalue weighted by atomic mass is 19.4. The van der Waals surface area contributed by atoms with Crippen molar-refractivity contribution in [2.24, 2.45) is 17.8 Å². The van der Waals surface area contributed by atoms with Gasteiger partial charge in [-0.2, -0.15) is 0 Å². The first kappa shape index (κ1) is 25.8. The summed E-state index contributed by atoms with van der Waals surface area (Å²) >= 11 is 0. The number of para-hydroxylation sites is 1. The summed E-state index contributed by atoms with van der Waals surface area (Å²) in [5.41, 5.74) is 3.18. The predicted molar refractivity (Wildman–Crippen MR) is 140 cm³/mol. The van der Waals surface area contributed by atoms with E-state index in [4.69, 9.17) is 14.2 Å². The van der Waals surface area contributed by atoms with Gasteiger partial charge in [0.25, 0.3) is 0 Å². The maximum Gasteiger partial charge on any atom is 0.573 e. The zero-order valence-electron chi connectivity index (χ0n) is 22.4. The predicted octanol–water partition coefficient (Wildman–Crippen LogP) is 6.13. The van der Waals surface area contributed by atoms with Gasteiger partial charge in [0.2, 0.25) is 0 Å². The molecule has 0 saturated heterocycles. The van der Waals surface area contributed by atoms with Crippen molar-refractivity contribution in [3.8, 4) is 28.4 Å². The van der Waals surface area contributed by atoms with Gasteiger partial charge in [0.05, 0.1) is 12.7 Å². The third kappa shape index (κ3) is 4.26. The van der Waals surface area contributed by atoms with Crippen LogP contribution in [0, 0.1) is 17.8 Å². The molecule has 218 valence electrons. The van der Waals surface area contributed by atoms with Crippen molar-refractivity contribution in [3.63, 3.8) is 0 Å². The quantitative estimate of drug-likeness (QED) is 0.265. The maximum absolute atomic E-state index is 13.1. The van der Waals surface area contributed by atoms with Crippen molar-refractivity contribution in [1.82, 2.24) is 20.3 Å². The van der Waals surface area contributed by atoms with Gasteiger partial charge in [-0.05, 0) is 80.5 Å². The van der Waals surface area contributed by atoms with E-state index in [1.807, 2.05) is 12.1 Å². The van der Waals surface area contributed by atoms with Crippen LogP contribution in [0.5, 0.6) is 5.75 Å². The molecule has 0 bridgehead atoms. The van der Waals surface area contributed by atoms with E-state index in [0.29, 0.717) is 46.2 Å². The molecule has 4 aromatic rings. The van der Waals surface area contributed by atoms with Crippen LogP contribution in [0.2, 0.25) is 0 Å². The summed E-state index contributed by atoms with van der Waals surface area (Å²) in [4.78, 5) is 18.6. The number of hydrogen-bond acceptors (Lipinski definition) is 8. The number of halogens is 3. The second-order valence-electron chi connectivity index (χ2n) is 12.1. The average Bonchev–Trinajstić information content (AvgIpc) is 3.55. The third-order valence-corrected chi connectivity index (χ3v) is 9.62. The van der Waals surface area contributed by atoms with Crippen LogP contribution in [0.1, 0.15) is 61.5 Å².